The zero-order valence-electron chi connectivity index (χ0n) is 9.91. The monoisotopic (exact) mass is 237 g/mol. The predicted molar refractivity (Wildman–Crippen MR) is 62.5 cm³/mol. The van der Waals surface area contributed by atoms with Gasteiger partial charge in [-0.1, -0.05) is 12.1 Å². The molecule has 0 N–H and O–H groups in total. The van der Waals surface area contributed by atoms with Crippen molar-refractivity contribution in [2.45, 2.75) is 13.3 Å². The lowest BCUT2D eigenvalue weighted by Gasteiger charge is -2.20. The lowest BCUT2D eigenvalue weighted by molar-refractivity contribution is 0.0736. The molecule has 4 heteroatoms. The molecular formula is C13H16FNO2. The number of carbonyl (C=O) groups excluding carboxylic acids is 1. The van der Waals surface area contributed by atoms with Crippen molar-refractivity contribution in [3.8, 4) is 0 Å². The third kappa shape index (κ3) is 2.64. The summed E-state index contributed by atoms with van der Waals surface area (Å²) in [7, 11) is 0. The molecule has 0 aromatic heterocycles. The Hall–Kier alpha value is -1.42. The first-order valence-electron chi connectivity index (χ1n) is 5.82. The molecule has 17 heavy (non-hydrogen) atoms. The summed E-state index contributed by atoms with van der Waals surface area (Å²) in [5.74, 6) is -0.653. The Morgan fingerprint density at radius 1 is 1.35 bits per heavy atom. The molecule has 1 aromatic rings. The van der Waals surface area contributed by atoms with Crippen LogP contribution < -0.4 is 0 Å². The minimum atomic E-state index is -0.414. The van der Waals surface area contributed by atoms with Crippen LogP contribution in [-0.2, 0) is 4.74 Å². The molecule has 1 aliphatic rings. The first-order chi connectivity index (χ1) is 8.20. The van der Waals surface area contributed by atoms with E-state index in [0.29, 0.717) is 31.9 Å². The molecule has 1 aliphatic heterocycles. The van der Waals surface area contributed by atoms with Crippen LogP contribution in [0.2, 0.25) is 0 Å². The van der Waals surface area contributed by atoms with Gasteiger partial charge in [0, 0.05) is 19.7 Å². The normalized spacial score (nSPS) is 16.7. The summed E-state index contributed by atoms with van der Waals surface area (Å²) >= 11 is 0. The standard InChI is InChI=1S/C13H16FNO2/c1-10-4-2-5-11(12(10)14)13(16)15-6-3-8-17-9-7-15/h2,4-5H,3,6-9H2,1H3. The van der Waals surface area contributed by atoms with Gasteiger partial charge in [0.15, 0.2) is 0 Å². The lowest BCUT2D eigenvalue weighted by Crippen LogP contribution is -2.33. The number of benzene rings is 1. The van der Waals surface area contributed by atoms with E-state index in [4.69, 9.17) is 4.74 Å². The van der Waals surface area contributed by atoms with Crippen LogP contribution in [0.1, 0.15) is 22.3 Å². The van der Waals surface area contributed by atoms with Gasteiger partial charge in [-0.05, 0) is 25.0 Å². The van der Waals surface area contributed by atoms with Crippen molar-refractivity contribution in [1.29, 1.82) is 0 Å². The largest absolute Gasteiger partial charge is 0.380 e. The van der Waals surface area contributed by atoms with E-state index in [9.17, 15) is 9.18 Å². The Bertz CT molecular complexity index is 412. The molecule has 1 amide bonds. The molecule has 3 nitrogen and oxygen atoms in total. The maximum atomic E-state index is 13.8. The van der Waals surface area contributed by atoms with E-state index in [1.54, 1.807) is 24.0 Å². The zero-order chi connectivity index (χ0) is 12.3. The zero-order valence-corrected chi connectivity index (χ0v) is 9.91. The third-order valence-electron chi connectivity index (χ3n) is 2.93. The molecule has 1 fully saturated rings. The van der Waals surface area contributed by atoms with Gasteiger partial charge in [0.05, 0.1) is 12.2 Å². The van der Waals surface area contributed by atoms with Crippen LogP contribution in [0.3, 0.4) is 0 Å². The first kappa shape index (κ1) is 12.0. The second kappa shape index (κ2) is 5.27. The third-order valence-corrected chi connectivity index (χ3v) is 2.93. The van der Waals surface area contributed by atoms with Gasteiger partial charge in [-0.25, -0.2) is 4.39 Å². The molecule has 1 heterocycles. The molecule has 0 saturated carbocycles. The molecule has 92 valence electrons. The average Bonchev–Trinajstić information content (AvgIpc) is 2.60. The summed E-state index contributed by atoms with van der Waals surface area (Å²) in [5.41, 5.74) is 0.661. The van der Waals surface area contributed by atoms with Crippen molar-refractivity contribution < 1.29 is 13.9 Å². The van der Waals surface area contributed by atoms with Gasteiger partial charge in [-0.2, -0.15) is 0 Å². The van der Waals surface area contributed by atoms with Crippen molar-refractivity contribution in [2.75, 3.05) is 26.3 Å². The molecular weight excluding hydrogens is 221 g/mol. The Morgan fingerprint density at radius 3 is 3.00 bits per heavy atom. The highest BCUT2D eigenvalue weighted by molar-refractivity contribution is 5.94. The van der Waals surface area contributed by atoms with Crippen molar-refractivity contribution >= 4 is 5.91 Å². The van der Waals surface area contributed by atoms with E-state index in [-0.39, 0.29) is 11.5 Å². The number of hydrogen-bond acceptors (Lipinski definition) is 2. The van der Waals surface area contributed by atoms with E-state index in [1.165, 1.54) is 6.07 Å². The topological polar surface area (TPSA) is 29.5 Å². The summed E-state index contributed by atoms with van der Waals surface area (Å²) in [4.78, 5) is 13.8. The highest BCUT2D eigenvalue weighted by Crippen LogP contribution is 2.15. The van der Waals surface area contributed by atoms with Crippen LogP contribution in [0.5, 0.6) is 0 Å². The molecule has 0 radical (unpaired) electrons. The second-order valence-corrected chi connectivity index (χ2v) is 4.19. The summed E-state index contributed by atoms with van der Waals surface area (Å²) in [6, 6.07) is 4.91. The van der Waals surface area contributed by atoms with Gasteiger partial charge < -0.3 is 9.64 Å². The van der Waals surface area contributed by atoms with Gasteiger partial charge in [-0.3, -0.25) is 4.79 Å². The molecule has 1 saturated heterocycles. The summed E-state index contributed by atoms with van der Waals surface area (Å²) < 4.78 is 19.1. The second-order valence-electron chi connectivity index (χ2n) is 4.19. The predicted octanol–water partition coefficient (Wildman–Crippen LogP) is 2.00. The maximum absolute atomic E-state index is 13.8. The Labute approximate surface area is 100 Å². The number of nitrogens with zero attached hydrogens (tertiary/aromatic N) is 1. The Balaban J connectivity index is 2.20. The molecule has 2 rings (SSSR count). The fourth-order valence-electron chi connectivity index (χ4n) is 1.93. The van der Waals surface area contributed by atoms with E-state index in [0.717, 1.165) is 6.42 Å². The summed E-state index contributed by atoms with van der Waals surface area (Å²) in [6.45, 7) is 4.02. The van der Waals surface area contributed by atoms with E-state index in [2.05, 4.69) is 0 Å². The van der Waals surface area contributed by atoms with Crippen molar-refractivity contribution in [3.05, 3.63) is 35.1 Å². The van der Waals surface area contributed by atoms with E-state index in [1.807, 2.05) is 0 Å². The minimum Gasteiger partial charge on any atom is -0.380 e. The average molecular weight is 237 g/mol. The number of ether oxygens (including phenoxy) is 1. The molecule has 0 aliphatic carbocycles. The van der Waals surface area contributed by atoms with Crippen LogP contribution in [0.15, 0.2) is 18.2 Å². The lowest BCUT2D eigenvalue weighted by atomic mass is 10.1. The highest BCUT2D eigenvalue weighted by Gasteiger charge is 2.20. The molecule has 0 spiro atoms. The number of rotatable bonds is 1. The molecule has 0 bridgehead atoms. The van der Waals surface area contributed by atoms with Crippen LogP contribution >= 0.6 is 0 Å². The minimum absolute atomic E-state index is 0.159. The van der Waals surface area contributed by atoms with Gasteiger partial charge >= 0.3 is 0 Å². The number of halogens is 1. The van der Waals surface area contributed by atoms with Crippen molar-refractivity contribution in [1.82, 2.24) is 4.90 Å². The molecule has 0 unspecified atom stereocenters. The Morgan fingerprint density at radius 2 is 2.18 bits per heavy atom. The van der Waals surface area contributed by atoms with Crippen LogP contribution in [-0.4, -0.2) is 37.1 Å². The van der Waals surface area contributed by atoms with Crippen molar-refractivity contribution in [3.63, 3.8) is 0 Å². The smallest absolute Gasteiger partial charge is 0.256 e. The van der Waals surface area contributed by atoms with Crippen LogP contribution in [0, 0.1) is 12.7 Å². The number of carbonyl (C=O) groups is 1. The van der Waals surface area contributed by atoms with Gasteiger partial charge in [0.2, 0.25) is 0 Å². The SMILES string of the molecule is Cc1cccc(C(=O)N2CCCOCC2)c1F. The molecule has 0 atom stereocenters. The fraction of sp³-hybridized carbons (Fsp3) is 0.462. The van der Waals surface area contributed by atoms with Crippen LogP contribution in [0.4, 0.5) is 4.39 Å². The maximum Gasteiger partial charge on any atom is 0.256 e. The van der Waals surface area contributed by atoms with Crippen molar-refractivity contribution in [2.24, 2.45) is 0 Å². The number of hydrogen-bond donors (Lipinski definition) is 0. The molecule has 1 aromatic carbocycles. The quantitative estimate of drug-likeness (QED) is 0.747. The Kier molecular flexibility index (Phi) is 3.74. The summed E-state index contributed by atoms with van der Waals surface area (Å²) in [6.07, 6.45) is 0.805. The van der Waals surface area contributed by atoms with Crippen LogP contribution in [0.25, 0.3) is 0 Å². The van der Waals surface area contributed by atoms with Gasteiger partial charge in [-0.15, -0.1) is 0 Å². The first-order valence-corrected chi connectivity index (χ1v) is 5.82. The van der Waals surface area contributed by atoms with E-state index >= 15 is 0 Å². The van der Waals surface area contributed by atoms with Gasteiger partial charge in [0.1, 0.15) is 5.82 Å². The van der Waals surface area contributed by atoms with Gasteiger partial charge in [0.25, 0.3) is 5.91 Å². The number of amides is 1. The number of aryl methyl sites for hydroxylation is 1. The van der Waals surface area contributed by atoms with E-state index < -0.39 is 5.82 Å². The fourth-order valence-corrected chi connectivity index (χ4v) is 1.93. The highest BCUT2D eigenvalue weighted by atomic mass is 19.1. The summed E-state index contributed by atoms with van der Waals surface area (Å²) in [5, 5.41) is 0.